The summed E-state index contributed by atoms with van der Waals surface area (Å²) in [7, 11) is 4.11. The maximum absolute atomic E-state index is 12.4. The van der Waals surface area contributed by atoms with E-state index in [1.54, 1.807) is 4.57 Å². The zero-order chi connectivity index (χ0) is 17.7. The molecule has 24 heavy (non-hydrogen) atoms. The van der Waals surface area contributed by atoms with E-state index in [0.717, 1.165) is 12.8 Å². The number of hydrogen-bond acceptors (Lipinski definition) is 5. The van der Waals surface area contributed by atoms with Gasteiger partial charge in [-0.15, -0.1) is 0 Å². The van der Waals surface area contributed by atoms with Gasteiger partial charge in [-0.1, -0.05) is 11.6 Å². The molecule has 0 aromatic carbocycles. The van der Waals surface area contributed by atoms with E-state index in [1.807, 2.05) is 4.90 Å². The molecule has 0 bridgehead atoms. The van der Waals surface area contributed by atoms with E-state index < -0.39 is 6.10 Å². The number of aliphatic hydroxyl groups excluding tert-OH is 2. The molecule has 0 aliphatic carbocycles. The Hall–Kier alpha value is -1.15. The van der Waals surface area contributed by atoms with E-state index in [1.165, 1.54) is 6.20 Å². The first-order chi connectivity index (χ1) is 11.4. The van der Waals surface area contributed by atoms with Crippen molar-refractivity contribution in [2.24, 2.45) is 0 Å². The molecule has 1 fully saturated rings. The third-order valence-corrected chi connectivity index (χ3v) is 4.89. The van der Waals surface area contributed by atoms with Crippen LogP contribution in [-0.4, -0.2) is 75.3 Å². The fourth-order valence-corrected chi connectivity index (χ4v) is 3.32. The highest BCUT2D eigenvalue weighted by Crippen LogP contribution is 2.23. The average Bonchev–Trinajstić information content (AvgIpc) is 2.93. The van der Waals surface area contributed by atoms with Gasteiger partial charge in [0.15, 0.2) is 0 Å². The largest absolute Gasteiger partial charge is 0.396 e. The summed E-state index contributed by atoms with van der Waals surface area (Å²) in [6.45, 7) is 1.93. The zero-order valence-corrected chi connectivity index (χ0v) is 15.1. The van der Waals surface area contributed by atoms with E-state index in [9.17, 15) is 9.90 Å². The van der Waals surface area contributed by atoms with Crippen LogP contribution in [0.5, 0.6) is 0 Å². The second kappa shape index (κ2) is 8.80. The van der Waals surface area contributed by atoms with Crippen molar-refractivity contribution in [1.29, 1.82) is 0 Å². The monoisotopic (exact) mass is 358 g/mol. The van der Waals surface area contributed by atoms with Crippen LogP contribution in [0.1, 0.15) is 37.6 Å². The molecule has 0 saturated carbocycles. The highest BCUT2D eigenvalue weighted by atomic mass is 35.5. The Bertz CT molecular complexity index is 541. The number of hydrogen-bond donors (Lipinski definition) is 2. The summed E-state index contributed by atoms with van der Waals surface area (Å²) < 4.78 is 1.65. The topological polar surface area (TPSA) is 81.8 Å². The number of piperidine rings is 1. The zero-order valence-electron chi connectivity index (χ0n) is 14.4. The van der Waals surface area contributed by atoms with Gasteiger partial charge in [0.2, 0.25) is 5.91 Å². The first-order valence-corrected chi connectivity index (χ1v) is 8.76. The molecule has 7 nitrogen and oxygen atoms in total. The van der Waals surface area contributed by atoms with E-state index in [-0.39, 0.29) is 18.9 Å². The average molecular weight is 359 g/mol. The van der Waals surface area contributed by atoms with Gasteiger partial charge < -0.3 is 24.6 Å². The number of nitrogens with zero attached hydrogens (tertiary/aromatic N) is 4. The van der Waals surface area contributed by atoms with Crippen LogP contribution in [0.3, 0.4) is 0 Å². The van der Waals surface area contributed by atoms with Crippen molar-refractivity contribution >= 4 is 17.5 Å². The Balaban J connectivity index is 1.92. The summed E-state index contributed by atoms with van der Waals surface area (Å²) in [5.74, 6) is 0.317. The molecule has 0 spiro atoms. The second-order valence-electron chi connectivity index (χ2n) is 6.46. The summed E-state index contributed by atoms with van der Waals surface area (Å²) in [6.07, 6.45) is 2.89. The standard InChI is InChI=1S/C16H27ClN4O3/c1-19(2)12-4-7-20(8-5-12)15(24)10-13(23)16-18-11-14(17)21(16)6-3-9-22/h11-13,22-23H,3-10H2,1-2H3. The van der Waals surface area contributed by atoms with Gasteiger partial charge >= 0.3 is 0 Å². The first kappa shape index (κ1) is 19.2. The number of halogens is 1. The number of rotatable bonds is 7. The van der Waals surface area contributed by atoms with Crippen molar-refractivity contribution in [2.75, 3.05) is 33.8 Å². The first-order valence-electron chi connectivity index (χ1n) is 8.38. The maximum Gasteiger partial charge on any atom is 0.225 e. The lowest BCUT2D eigenvalue weighted by Crippen LogP contribution is -2.44. The maximum atomic E-state index is 12.4. The number of likely N-dealkylation sites (tertiary alicyclic amines) is 1. The molecule has 2 N–H and O–H groups in total. The molecule has 1 aromatic heterocycles. The quantitative estimate of drug-likeness (QED) is 0.756. The number of carbonyl (C=O) groups is 1. The van der Waals surface area contributed by atoms with Gasteiger partial charge in [-0.3, -0.25) is 4.79 Å². The SMILES string of the molecule is CN(C)C1CCN(C(=O)CC(O)c2ncc(Cl)n2CCCO)CC1. The second-order valence-corrected chi connectivity index (χ2v) is 6.85. The molecule has 1 aromatic rings. The summed E-state index contributed by atoms with van der Waals surface area (Å²) in [4.78, 5) is 20.6. The molecule has 2 rings (SSSR count). The summed E-state index contributed by atoms with van der Waals surface area (Å²) in [5.41, 5.74) is 0. The molecule has 1 aliphatic heterocycles. The molecular formula is C16H27ClN4O3. The van der Waals surface area contributed by atoms with Crippen molar-refractivity contribution in [2.45, 2.75) is 44.4 Å². The summed E-state index contributed by atoms with van der Waals surface area (Å²) in [5, 5.41) is 19.8. The fraction of sp³-hybridized carbons (Fsp3) is 0.750. The van der Waals surface area contributed by atoms with Crippen LogP contribution in [0.4, 0.5) is 0 Å². The van der Waals surface area contributed by atoms with Crippen LogP contribution in [0, 0.1) is 0 Å². The molecule has 1 saturated heterocycles. The molecule has 1 aliphatic rings. The predicted molar refractivity (Wildman–Crippen MR) is 91.8 cm³/mol. The number of imidazole rings is 1. The third kappa shape index (κ3) is 4.69. The third-order valence-electron chi connectivity index (χ3n) is 4.59. The van der Waals surface area contributed by atoms with Crippen LogP contribution < -0.4 is 0 Å². The van der Waals surface area contributed by atoms with Crippen LogP contribution in [0.2, 0.25) is 5.15 Å². The van der Waals surface area contributed by atoms with Crippen molar-refractivity contribution in [3.8, 4) is 0 Å². The molecule has 136 valence electrons. The van der Waals surface area contributed by atoms with Gasteiger partial charge in [0.05, 0.1) is 12.6 Å². The molecule has 2 heterocycles. The smallest absolute Gasteiger partial charge is 0.225 e. The minimum absolute atomic E-state index is 0.000895. The molecule has 1 atom stereocenters. The lowest BCUT2D eigenvalue weighted by molar-refractivity contribution is -0.135. The number of amides is 1. The highest BCUT2D eigenvalue weighted by Gasteiger charge is 2.27. The van der Waals surface area contributed by atoms with E-state index in [0.29, 0.717) is 43.1 Å². The van der Waals surface area contributed by atoms with Crippen molar-refractivity contribution in [3.05, 3.63) is 17.2 Å². The van der Waals surface area contributed by atoms with Gasteiger partial charge in [0.1, 0.15) is 17.1 Å². The van der Waals surface area contributed by atoms with Crippen molar-refractivity contribution in [3.63, 3.8) is 0 Å². The van der Waals surface area contributed by atoms with Gasteiger partial charge in [0, 0.05) is 32.3 Å². The van der Waals surface area contributed by atoms with E-state index >= 15 is 0 Å². The van der Waals surface area contributed by atoms with E-state index in [2.05, 4.69) is 24.0 Å². The highest BCUT2D eigenvalue weighted by molar-refractivity contribution is 6.29. The van der Waals surface area contributed by atoms with Crippen LogP contribution in [0.15, 0.2) is 6.20 Å². The summed E-state index contributed by atoms with van der Waals surface area (Å²) >= 11 is 6.06. The van der Waals surface area contributed by atoms with Crippen molar-refractivity contribution in [1.82, 2.24) is 19.4 Å². The Morgan fingerprint density at radius 2 is 2.12 bits per heavy atom. The van der Waals surface area contributed by atoms with Crippen LogP contribution in [-0.2, 0) is 11.3 Å². The van der Waals surface area contributed by atoms with Gasteiger partial charge in [-0.2, -0.15) is 0 Å². The number of carbonyl (C=O) groups excluding carboxylic acids is 1. The van der Waals surface area contributed by atoms with Gasteiger partial charge in [-0.25, -0.2) is 4.98 Å². The van der Waals surface area contributed by atoms with Gasteiger partial charge in [-0.05, 0) is 33.4 Å². The Kier molecular flexibility index (Phi) is 7.03. The molecule has 0 radical (unpaired) electrons. The van der Waals surface area contributed by atoms with E-state index in [4.69, 9.17) is 16.7 Å². The lowest BCUT2D eigenvalue weighted by Gasteiger charge is -2.35. The molecule has 1 amide bonds. The number of aliphatic hydroxyl groups is 2. The Labute approximate surface area is 147 Å². The predicted octanol–water partition coefficient (Wildman–Crippen LogP) is 0.895. The van der Waals surface area contributed by atoms with Crippen molar-refractivity contribution < 1.29 is 15.0 Å². The molecule has 8 heteroatoms. The Morgan fingerprint density at radius 3 is 2.71 bits per heavy atom. The van der Waals surface area contributed by atoms with Gasteiger partial charge in [0.25, 0.3) is 0 Å². The Morgan fingerprint density at radius 1 is 1.46 bits per heavy atom. The fourth-order valence-electron chi connectivity index (χ4n) is 3.10. The van der Waals surface area contributed by atoms with Crippen LogP contribution >= 0.6 is 11.6 Å². The lowest BCUT2D eigenvalue weighted by atomic mass is 10.0. The molecule has 1 unspecified atom stereocenters. The van der Waals surface area contributed by atoms with Crippen LogP contribution in [0.25, 0.3) is 0 Å². The minimum Gasteiger partial charge on any atom is -0.396 e. The summed E-state index contributed by atoms with van der Waals surface area (Å²) in [6, 6.07) is 0.509. The minimum atomic E-state index is -0.990. The molecular weight excluding hydrogens is 332 g/mol. The normalized spacial score (nSPS) is 17.5. The number of aromatic nitrogens is 2.